The van der Waals surface area contributed by atoms with Crippen LogP contribution in [-0.2, 0) is 0 Å². The number of terminal acetylenes is 1. The number of likely N-dealkylation sites (tertiary alicyclic amines) is 2. The quantitative estimate of drug-likeness (QED) is 0.812. The molecule has 2 saturated heterocycles. The van der Waals surface area contributed by atoms with Gasteiger partial charge in [-0.2, -0.15) is 0 Å². The molecular formula is C20H29N3. The molecule has 2 aliphatic heterocycles. The first kappa shape index (κ1) is 16.5. The lowest BCUT2D eigenvalue weighted by atomic mass is 9.99. The predicted octanol–water partition coefficient (Wildman–Crippen LogP) is 2.16. The maximum absolute atomic E-state index is 5.38. The molecule has 2 aliphatic rings. The number of nitrogens with zero attached hydrogens (tertiary/aromatic N) is 2. The molecule has 1 N–H and O–H groups in total. The van der Waals surface area contributed by atoms with Gasteiger partial charge in [-0.25, -0.2) is 0 Å². The van der Waals surface area contributed by atoms with Gasteiger partial charge in [-0.15, -0.1) is 6.42 Å². The molecule has 0 aromatic heterocycles. The highest BCUT2D eigenvalue weighted by atomic mass is 15.2. The summed E-state index contributed by atoms with van der Waals surface area (Å²) in [5.74, 6) is 3.47. The van der Waals surface area contributed by atoms with Crippen molar-refractivity contribution in [1.29, 1.82) is 0 Å². The molecule has 1 aromatic rings. The zero-order valence-electron chi connectivity index (χ0n) is 14.1. The number of hydrogen-bond donors (Lipinski definition) is 1. The SMILES string of the molecule is C#CCN1CCC(NCCN2CCC(c3ccccc3)C2)CC1. The zero-order chi connectivity index (χ0) is 15.9. The number of nitrogens with one attached hydrogen (secondary N) is 1. The first-order valence-electron chi connectivity index (χ1n) is 9.01. The molecular weight excluding hydrogens is 282 g/mol. The molecule has 3 rings (SSSR count). The predicted molar refractivity (Wildman–Crippen MR) is 96.5 cm³/mol. The van der Waals surface area contributed by atoms with Crippen molar-refractivity contribution in [3.05, 3.63) is 35.9 Å². The summed E-state index contributed by atoms with van der Waals surface area (Å²) in [6.07, 6.45) is 9.15. The van der Waals surface area contributed by atoms with E-state index in [1.165, 1.54) is 44.5 Å². The molecule has 2 heterocycles. The van der Waals surface area contributed by atoms with Gasteiger partial charge in [-0.3, -0.25) is 4.90 Å². The van der Waals surface area contributed by atoms with E-state index in [1.54, 1.807) is 0 Å². The Labute approximate surface area is 141 Å². The second-order valence-electron chi connectivity index (χ2n) is 6.91. The minimum Gasteiger partial charge on any atom is -0.313 e. The first-order valence-corrected chi connectivity index (χ1v) is 9.01. The van der Waals surface area contributed by atoms with E-state index < -0.39 is 0 Å². The highest BCUT2D eigenvalue weighted by Crippen LogP contribution is 2.26. The van der Waals surface area contributed by atoms with Crippen molar-refractivity contribution in [2.45, 2.75) is 31.2 Å². The van der Waals surface area contributed by atoms with Crippen LogP contribution in [0.15, 0.2) is 30.3 Å². The van der Waals surface area contributed by atoms with Gasteiger partial charge in [0, 0.05) is 38.8 Å². The maximum atomic E-state index is 5.38. The van der Waals surface area contributed by atoms with Crippen LogP contribution in [0.3, 0.4) is 0 Å². The summed E-state index contributed by atoms with van der Waals surface area (Å²) < 4.78 is 0. The smallest absolute Gasteiger partial charge is 0.0598 e. The van der Waals surface area contributed by atoms with Gasteiger partial charge in [0.1, 0.15) is 0 Å². The van der Waals surface area contributed by atoms with E-state index in [2.05, 4.69) is 51.4 Å². The lowest BCUT2D eigenvalue weighted by molar-refractivity contribution is 0.213. The maximum Gasteiger partial charge on any atom is 0.0598 e. The molecule has 0 aliphatic carbocycles. The van der Waals surface area contributed by atoms with Gasteiger partial charge < -0.3 is 10.2 Å². The van der Waals surface area contributed by atoms with E-state index in [4.69, 9.17) is 6.42 Å². The summed E-state index contributed by atoms with van der Waals surface area (Å²) in [6.45, 7) is 7.83. The molecule has 3 heteroatoms. The van der Waals surface area contributed by atoms with Crippen LogP contribution >= 0.6 is 0 Å². The first-order chi connectivity index (χ1) is 11.3. The van der Waals surface area contributed by atoms with Gasteiger partial charge in [0.05, 0.1) is 6.54 Å². The Morgan fingerprint density at radius 2 is 1.78 bits per heavy atom. The summed E-state index contributed by atoms with van der Waals surface area (Å²) in [4.78, 5) is 4.99. The van der Waals surface area contributed by atoms with Crippen LogP contribution in [0.5, 0.6) is 0 Å². The van der Waals surface area contributed by atoms with Crippen molar-refractivity contribution in [3.63, 3.8) is 0 Å². The van der Waals surface area contributed by atoms with Crippen molar-refractivity contribution in [2.24, 2.45) is 0 Å². The van der Waals surface area contributed by atoms with E-state index >= 15 is 0 Å². The van der Waals surface area contributed by atoms with Crippen LogP contribution in [0.1, 0.15) is 30.7 Å². The topological polar surface area (TPSA) is 18.5 Å². The lowest BCUT2D eigenvalue weighted by Gasteiger charge is -2.31. The number of benzene rings is 1. The minimum absolute atomic E-state index is 0.677. The van der Waals surface area contributed by atoms with Crippen molar-refractivity contribution < 1.29 is 0 Å². The molecule has 0 spiro atoms. The van der Waals surface area contributed by atoms with E-state index in [9.17, 15) is 0 Å². The number of hydrogen-bond acceptors (Lipinski definition) is 3. The summed E-state index contributed by atoms with van der Waals surface area (Å²) in [6, 6.07) is 11.6. The lowest BCUT2D eigenvalue weighted by Crippen LogP contribution is -2.44. The molecule has 3 nitrogen and oxygen atoms in total. The molecule has 1 atom stereocenters. The average Bonchev–Trinajstić information content (AvgIpc) is 3.06. The third-order valence-electron chi connectivity index (χ3n) is 5.31. The van der Waals surface area contributed by atoms with E-state index in [-0.39, 0.29) is 0 Å². The van der Waals surface area contributed by atoms with Crippen molar-refractivity contribution >= 4 is 0 Å². The Morgan fingerprint density at radius 1 is 1.04 bits per heavy atom. The van der Waals surface area contributed by atoms with Gasteiger partial charge >= 0.3 is 0 Å². The summed E-state index contributed by atoms with van der Waals surface area (Å²) in [5, 5.41) is 3.75. The molecule has 1 aromatic carbocycles. The van der Waals surface area contributed by atoms with E-state index in [0.29, 0.717) is 6.04 Å². The molecule has 0 radical (unpaired) electrons. The van der Waals surface area contributed by atoms with Crippen molar-refractivity contribution in [3.8, 4) is 12.3 Å². The highest BCUT2D eigenvalue weighted by molar-refractivity contribution is 5.20. The fraction of sp³-hybridized carbons (Fsp3) is 0.600. The minimum atomic E-state index is 0.677. The molecule has 0 bridgehead atoms. The van der Waals surface area contributed by atoms with Crippen LogP contribution in [0.2, 0.25) is 0 Å². The Hall–Kier alpha value is -1.34. The molecule has 0 amide bonds. The highest BCUT2D eigenvalue weighted by Gasteiger charge is 2.23. The standard InChI is InChI=1S/C20H29N3/c1-2-12-22-14-9-20(10-15-22)21-11-16-23-13-8-19(17-23)18-6-4-3-5-7-18/h1,3-7,19-21H,8-17H2. The monoisotopic (exact) mass is 311 g/mol. The summed E-state index contributed by atoms with van der Waals surface area (Å²) in [7, 11) is 0. The third kappa shape index (κ3) is 4.81. The number of rotatable bonds is 6. The average molecular weight is 311 g/mol. The largest absolute Gasteiger partial charge is 0.313 e. The zero-order valence-corrected chi connectivity index (χ0v) is 14.1. The van der Waals surface area contributed by atoms with Crippen LogP contribution < -0.4 is 5.32 Å². The van der Waals surface area contributed by atoms with E-state index in [1.807, 2.05) is 0 Å². The second kappa shape index (κ2) is 8.49. The Morgan fingerprint density at radius 3 is 2.52 bits per heavy atom. The Bertz CT molecular complexity index is 499. The van der Waals surface area contributed by atoms with Crippen molar-refractivity contribution in [1.82, 2.24) is 15.1 Å². The summed E-state index contributed by atoms with van der Waals surface area (Å²) in [5.41, 5.74) is 1.50. The van der Waals surface area contributed by atoms with Gasteiger partial charge in [0.25, 0.3) is 0 Å². The second-order valence-corrected chi connectivity index (χ2v) is 6.91. The fourth-order valence-electron chi connectivity index (χ4n) is 3.88. The fourth-order valence-corrected chi connectivity index (χ4v) is 3.88. The van der Waals surface area contributed by atoms with Crippen molar-refractivity contribution in [2.75, 3.05) is 45.8 Å². The van der Waals surface area contributed by atoms with Crippen LogP contribution in [0.4, 0.5) is 0 Å². The Balaban J connectivity index is 1.32. The molecule has 0 saturated carbocycles. The summed E-state index contributed by atoms with van der Waals surface area (Å²) >= 11 is 0. The molecule has 2 fully saturated rings. The normalized spacial score (nSPS) is 23.9. The van der Waals surface area contributed by atoms with E-state index in [0.717, 1.165) is 32.1 Å². The van der Waals surface area contributed by atoms with Gasteiger partial charge in [-0.1, -0.05) is 36.3 Å². The number of piperidine rings is 1. The van der Waals surface area contributed by atoms with Gasteiger partial charge in [0.2, 0.25) is 0 Å². The van der Waals surface area contributed by atoms with Crippen LogP contribution in [-0.4, -0.2) is 61.7 Å². The van der Waals surface area contributed by atoms with Gasteiger partial charge in [0.15, 0.2) is 0 Å². The molecule has 1 unspecified atom stereocenters. The Kier molecular flexibility index (Phi) is 6.10. The van der Waals surface area contributed by atoms with Gasteiger partial charge in [-0.05, 0) is 37.3 Å². The molecule has 23 heavy (non-hydrogen) atoms. The van der Waals surface area contributed by atoms with Crippen LogP contribution in [0, 0.1) is 12.3 Å². The molecule has 124 valence electrons. The third-order valence-corrected chi connectivity index (χ3v) is 5.31. The van der Waals surface area contributed by atoms with Crippen LogP contribution in [0.25, 0.3) is 0 Å².